The lowest BCUT2D eigenvalue weighted by Gasteiger charge is -2.31. The standard InChI is InChI=1S/C16H26N2O2/c1-3-17-11-14-15(8-7-13(2)18-14)20-12-16(19)9-5-4-6-10-16/h7-8,17,19H,3-6,9-12H2,1-2H3. The number of hydrogen-bond acceptors (Lipinski definition) is 4. The van der Waals surface area contributed by atoms with Crippen LogP contribution in [0, 0.1) is 6.92 Å². The lowest BCUT2D eigenvalue weighted by molar-refractivity contribution is -0.0342. The second-order valence-electron chi connectivity index (χ2n) is 5.75. The Labute approximate surface area is 121 Å². The Morgan fingerprint density at radius 1 is 1.30 bits per heavy atom. The number of rotatable bonds is 6. The predicted molar refractivity (Wildman–Crippen MR) is 79.9 cm³/mol. The summed E-state index contributed by atoms with van der Waals surface area (Å²) in [5.74, 6) is 0.788. The summed E-state index contributed by atoms with van der Waals surface area (Å²) in [4.78, 5) is 4.53. The van der Waals surface area contributed by atoms with Gasteiger partial charge >= 0.3 is 0 Å². The maximum absolute atomic E-state index is 10.5. The molecule has 4 nitrogen and oxygen atoms in total. The average Bonchev–Trinajstić information content (AvgIpc) is 2.45. The van der Waals surface area contributed by atoms with Gasteiger partial charge in [-0.1, -0.05) is 26.2 Å². The van der Waals surface area contributed by atoms with Crippen molar-refractivity contribution in [2.45, 2.75) is 58.1 Å². The van der Waals surface area contributed by atoms with Crippen LogP contribution in [-0.2, 0) is 6.54 Å². The van der Waals surface area contributed by atoms with Crippen molar-refractivity contribution in [1.29, 1.82) is 0 Å². The molecule has 0 aromatic carbocycles. The molecule has 1 saturated carbocycles. The molecule has 1 aliphatic rings. The van der Waals surface area contributed by atoms with E-state index < -0.39 is 5.60 Å². The summed E-state index contributed by atoms with van der Waals surface area (Å²) in [6.45, 7) is 6.02. The normalized spacial score (nSPS) is 17.9. The van der Waals surface area contributed by atoms with Gasteiger partial charge in [-0.25, -0.2) is 0 Å². The number of hydrogen-bond donors (Lipinski definition) is 2. The van der Waals surface area contributed by atoms with E-state index in [0.29, 0.717) is 13.2 Å². The van der Waals surface area contributed by atoms with E-state index in [1.807, 2.05) is 19.1 Å². The molecule has 0 bridgehead atoms. The molecule has 20 heavy (non-hydrogen) atoms. The number of aromatic nitrogens is 1. The van der Waals surface area contributed by atoms with Gasteiger partial charge in [0.25, 0.3) is 0 Å². The zero-order chi connectivity index (χ0) is 14.4. The molecule has 0 unspecified atom stereocenters. The Kier molecular flexibility index (Phi) is 5.38. The van der Waals surface area contributed by atoms with Crippen LogP contribution in [0.5, 0.6) is 5.75 Å². The second kappa shape index (κ2) is 7.04. The molecule has 0 radical (unpaired) electrons. The van der Waals surface area contributed by atoms with Crippen LogP contribution in [0.3, 0.4) is 0 Å². The van der Waals surface area contributed by atoms with Gasteiger partial charge in [0.05, 0.1) is 11.3 Å². The van der Waals surface area contributed by atoms with E-state index in [2.05, 4.69) is 17.2 Å². The number of nitrogens with one attached hydrogen (secondary N) is 1. The Balaban J connectivity index is 2.00. The van der Waals surface area contributed by atoms with E-state index >= 15 is 0 Å². The van der Waals surface area contributed by atoms with Crippen molar-refractivity contribution in [3.63, 3.8) is 0 Å². The lowest BCUT2D eigenvalue weighted by Crippen LogP contribution is -2.38. The zero-order valence-corrected chi connectivity index (χ0v) is 12.6. The largest absolute Gasteiger partial charge is 0.489 e. The fraction of sp³-hybridized carbons (Fsp3) is 0.688. The molecule has 0 atom stereocenters. The van der Waals surface area contributed by atoms with Crippen LogP contribution in [0.15, 0.2) is 12.1 Å². The first kappa shape index (κ1) is 15.3. The van der Waals surface area contributed by atoms with Crippen molar-refractivity contribution in [2.75, 3.05) is 13.2 Å². The molecular formula is C16H26N2O2. The van der Waals surface area contributed by atoms with Gasteiger partial charge in [0.1, 0.15) is 12.4 Å². The molecule has 1 heterocycles. The topological polar surface area (TPSA) is 54.4 Å². The molecule has 2 rings (SSSR count). The fourth-order valence-corrected chi connectivity index (χ4v) is 2.67. The van der Waals surface area contributed by atoms with E-state index in [9.17, 15) is 5.11 Å². The van der Waals surface area contributed by atoms with Gasteiger partial charge < -0.3 is 15.2 Å². The summed E-state index contributed by atoms with van der Waals surface area (Å²) in [7, 11) is 0. The average molecular weight is 278 g/mol. The van der Waals surface area contributed by atoms with Crippen molar-refractivity contribution in [3.8, 4) is 5.75 Å². The highest BCUT2D eigenvalue weighted by atomic mass is 16.5. The van der Waals surface area contributed by atoms with E-state index in [1.165, 1.54) is 6.42 Å². The summed E-state index contributed by atoms with van der Waals surface area (Å²) in [5.41, 5.74) is 1.26. The third kappa shape index (κ3) is 4.18. The highest BCUT2D eigenvalue weighted by Gasteiger charge is 2.30. The van der Waals surface area contributed by atoms with E-state index in [0.717, 1.165) is 49.4 Å². The van der Waals surface area contributed by atoms with Gasteiger partial charge in [-0.3, -0.25) is 4.98 Å². The maximum atomic E-state index is 10.5. The number of ether oxygens (including phenoxy) is 1. The Morgan fingerprint density at radius 3 is 2.75 bits per heavy atom. The highest BCUT2D eigenvalue weighted by molar-refractivity contribution is 5.29. The number of aryl methyl sites for hydroxylation is 1. The summed E-state index contributed by atoms with van der Waals surface area (Å²) >= 11 is 0. The predicted octanol–water partition coefficient (Wildman–Crippen LogP) is 2.57. The molecule has 2 N–H and O–H groups in total. The first-order valence-corrected chi connectivity index (χ1v) is 7.65. The van der Waals surface area contributed by atoms with Gasteiger partial charge in [-0.05, 0) is 38.4 Å². The third-order valence-electron chi connectivity index (χ3n) is 3.89. The van der Waals surface area contributed by atoms with Crippen LogP contribution in [-0.4, -0.2) is 28.8 Å². The van der Waals surface area contributed by atoms with E-state index in [4.69, 9.17) is 4.74 Å². The van der Waals surface area contributed by atoms with E-state index in [1.54, 1.807) is 0 Å². The third-order valence-corrected chi connectivity index (χ3v) is 3.89. The summed E-state index contributed by atoms with van der Waals surface area (Å²) in [6, 6.07) is 3.91. The van der Waals surface area contributed by atoms with Crippen LogP contribution < -0.4 is 10.1 Å². The van der Waals surface area contributed by atoms with Crippen LogP contribution in [0.1, 0.15) is 50.4 Å². The van der Waals surface area contributed by atoms with Gasteiger partial charge in [-0.2, -0.15) is 0 Å². The van der Waals surface area contributed by atoms with Crippen molar-refractivity contribution in [2.24, 2.45) is 0 Å². The van der Waals surface area contributed by atoms with Gasteiger partial charge in [0.15, 0.2) is 0 Å². The zero-order valence-electron chi connectivity index (χ0n) is 12.6. The van der Waals surface area contributed by atoms with Crippen molar-refractivity contribution in [1.82, 2.24) is 10.3 Å². The van der Waals surface area contributed by atoms with Crippen molar-refractivity contribution < 1.29 is 9.84 Å². The first-order valence-electron chi connectivity index (χ1n) is 7.65. The molecule has 0 amide bonds. The monoisotopic (exact) mass is 278 g/mol. The Hall–Kier alpha value is -1.13. The first-order chi connectivity index (χ1) is 9.63. The van der Waals surface area contributed by atoms with Gasteiger partial charge in [-0.15, -0.1) is 0 Å². The fourth-order valence-electron chi connectivity index (χ4n) is 2.67. The van der Waals surface area contributed by atoms with Crippen LogP contribution in [0.2, 0.25) is 0 Å². The summed E-state index contributed by atoms with van der Waals surface area (Å²) < 4.78 is 5.88. The minimum absolute atomic E-state index is 0.372. The molecule has 1 fully saturated rings. The lowest BCUT2D eigenvalue weighted by atomic mass is 9.85. The van der Waals surface area contributed by atoms with Gasteiger partial charge in [0, 0.05) is 12.2 Å². The SMILES string of the molecule is CCNCc1nc(C)ccc1OCC1(O)CCCCC1. The molecule has 0 spiro atoms. The van der Waals surface area contributed by atoms with E-state index in [-0.39, 0.29) is 0 Å². The molecule has 1 aliphatic carbocycles. The smallest absolute Gasteiger partial charge is 0.142 e. The Morgan fingerprint density at radius 2 is 2.05 bits per heavy atom. The minimum atomic E-state index is -0.654. The van der Waals surface area contributed by atoms with Crippen LogP contribution >= 0.6 is 0 Å². The molecule has 112 valence electrons. The summed E-state index contributed by atoms with van der Waals surface area (Å²) in [5, 5.41) is 13.8. The van der Waals surface area contributed by atoms with Gasteiger partial charge in [0.2, 0.25) is 0 Å². The van der Waals surface area contributed by atoms with Crippen LogP contribution in [0.25, 0.3) is 0 Å². The minimum Gasteiger partial charge on any atom is -0.489 e. The van der Waals surface area contributed by atoms with Crippen LogP contribution in [0.4, 0.5) is 0 Å². The second-order valence-corrected chi connectivity index (χ2v) is 5.75. The molecule has 0 aliphatic heterocycles. The quantitative estimate of drug-likeness (QED) is 0.840. The van der Waals surface area contributed by atoms with Crippen molar-refractivity contribution >= 4 is 0 Å². The molecular weight excluding hydrogens is 252 g/mol. The maximum Gasteiger partial charge on any atom is 0.142 e. The highest BCUT2D eigenvalue weighted by Crippen LogP contribution is 2.29. The van der Waals surface area contributed by atoms with Crippen molar-refractivity contribution in [3.05, 3.63) is 23.5 Å². The number of pyridine rings is 1. The molecule has 1 aromatic rings. The number of nitrogens with zero attached hydrogens (tertiary/aromatic N) is 1. The number of aliphatic hydroxyl groups is 1. The molecule has 0 saturated heterocycles. The summed E-state index contributed by atoms with van der Waals surface area (Å²) in [6.07, 6.45) is 5.09. The molecule has 1 aromatic heterocycles. The Bertz CT molecular complexity index is 428. The molecule has 4 heteroatoms.